The minimum atomic E-state index is -1.02. The number of pyridine rings is 1. The maximum absolute atomic E-state index is 11.7. The van der Waals surface area contributed by atoms with Crippen LogP contribution < -0.4 is 11.1 Å². The summed E-state index contributed by atoms with van der Waals surface area (Å²) >= 11 is 0. The Bertz CT molecular complexity index is 606. The molecule has 0 aromatic carbocycles. The summed E-state index contributed by atoms with van der Waals surface area (Å²) in [5.41, 5.74) is 6.70. The molecule has 21 heavy (non-hydrogen) atoms. The van der Waals surface area contributed by atoms with E-state index in [1.165, 1.54) is 0 Å². The summed E-state index contributed by atoms with van der Waals surface area (Å²) in [7, 11) is 0. The lowest BCUT2D eigenvalue weighted by molar-refractivity contribution is -0.142. The third kappa shape index (κ3) is 2.34. The van der Waals surface area contributed by atoms with Crippen LogP contribution in [0.2, 0.25) is 0 Å². The van der Waals surface area contributed by atoms with Crippen LogP contribution >= 0.6 is 0 Å². The van der Waals surface area contributed by atoms with Gasteiger partial charge in [0.25, 0.3) is 5.91 Å². The Hall–Kier alpha value is -2.11. The first-order valence-electron chi connectivity index (χ1n) is 7.36. The molecule has 1 amide bonds. The number of nitrogens with zero attached hydrogens (tertiary/aromatic N) is 1. The molecule has 0 aliphatic heterocycles. The lowest BCUT2D eigenvalue weighted by Crippen LogP contribution is -2.44. The van der Waals surface area contributed by atoms with Crippen LogP contribution in [0.1, 0.15) is 53.7 Å². The van der Waals surface area contributed by atoms with Gasteiger partial charge >= 0.3 is 5.97 Å². The molecule has 0 unspecified atom stereocenters. The Kier molecular flexibility index (Phi) is 3.31. The van der Waals surface area contributed by atoms with E-state index in [4.69, 9.17) is 5.73 Å². The van der Waals surface area contributed by atoms with Crippen LogP contribution in [0.4, 0.5) is 5.82 Å². The number of nitrogens with two attached hydrogens (primary N) is 1. The normalized spacial score (nSPS) is 19.2. The number of hydrogen-bond donors (Lipinski definition) is 3. The van der Waals surface area contributed by atoms with Gasteiger partial charge in [0.05, 0.1) is 5.56 Å². The summed E-state index contributed by atoms with van der Waals surface area (Å²) in [6.45, 7) is 0. The molecule has 0 saturated heterocycles. The van der Waals surface area contributed by atoms with Crippen LogP contribution in [0.25, 0.3) is 0 Å². The smallest absolute Gasteiger partial charge is 0.329 e. The van der Waals surface area contributed by atoms with E-state index in [9.17, 15) is 14.7 Å². The van der Waals surface area contributed by atoms with E-state index >= 15 is 0 Å². The van der Waals surface area contributed by atoms with Gasteiger partial charge in [0, 0.05) is 5.69 Å². The molecule has 1 saturated carbocycles. The van der Waals surface area contributed by atoms with Gasteiger partial charge in [-0.05, 0) is 43.7 Å². The SMILES string of the molecule is NC(=O)c1cc2c(nc1NC1(C(=O)O)CCCC1)CCC2. The van der Waals surface area contributed by atoms with Crippen molar-refractivity contribution < 1.29 is 14.7 Å². The van der Waals surface area contributed by atoms with Crippen LogP contribution in [0.5, 0.6) is 0 Å². The van der Waals surface area contributed by atoms with Crippen molar-refractivity contribution in [3.63, 3.8) is 0 Å². The van der Waals surface area contributed by atoms with Crippen LogP contribution in [-0.2, 0) is 17.6 Å². The molecular formula is C15H19N3O3. The lowest BCUT2D eigenvalue weighted by Gasteiger charge is -2.27. The predicted molar refractivity (Wildman–Crippen MR) is 77.2 cm³/mol. The molecule has 1 fully saturated rings. The fourth-order valence-electron chi connectivity index (χ4n) is 3.35. The second-order valence-electron chi connectivity index (χ2n) is 5.93. The van der Waals surface area contributed by atoms with E-state index in [0.717, 1.165) is 43.4 Å². The van der Waals surface area contributed by atoms with Crippen molar-refractivity contribution in [1.29, 1.82) is 0 Å². The molecule has 1 aromatic heterocycles. The van der Waals surface area contributed by atoms with E-state index in [-0.39, 0.29) is 0 Å². The largest absolute Gasteiger partial charge is 0.480 e. The van der Waals surface area contributed by atoms with Crippen LogP contribution in [0.3, 0.4) is 0 Å². The Morgan fingerprint density at radius 2 is 1.95 bits per heavy atom. The number of carbonyl (C=O) groups excluding carboxylic acids is 1. The number of hydrogen-bond acceptors (Lipinski definition) is 4. The third-order valence-corrected chi connectivity index (χ3v) is 4.54. The molecular weight excluding hydrogens is 270 g/mol. The molecule has 1 heterocycles. The number of aliphatic carboxylic acids is 1. The second-order valence-corrected chi connectivity index (χ2v) is 5.93. The summed E-state index contributed by atoms with van der Waals surface area (Å²) < 4.78 is 0. The van der Waals surface area contributed by atoms with E-state index < -0.39 is 17.4 Å². The minimum Gasteiger partial charge on any atom is -0.480 e. The zero-order chi connectivity index (χ0) is 15.0. The predicted octanol–water partition coefficient (Wildman–Crippen LogP) is 1.48. The highest BCUT2D eigenvalue weighted by Gasteiger charge is 2.42. The number of amides is 1. The van der Waals surface area contributed by atoms with Gasteiger partial charge in [0.2, 0.25) is 0 Å². The summed E-state index contributed by atoms with van der Waals surface area (Å²) in [6.07, 6.45) is 5.56. The van der Waals surface area contributed by atoms with Crippen LogP contribution in [-0.4, -0.2) is 27.5 Å². The monoisotopic (exact) mass is 289 g/mol. The molecule has 2 aliphatic rings. The van der Waals surface area contributed by atoms with Crippen molar-refractivity contribution in [2.45, 2.75) is 50.5 Å². The molecule has 6 heteroatoms. The van der Waals surface area contributed by atoms with Gasteiger partial charge in [-0.25, -0.2) is 9.78 Å². The molecule has 0 radical (unpaired) electrons. The molecule has 2 aliphatic carbocycles. The number of carboxylic acids is 1. The van der Waals surface area contributed by atoms with E-state index in [1.807, 2.05) is 0 Å². The average molecular weight is 289 g/mol. The van der Waals surface area contributed by atoms with Crippen molar-refractivity contribution in [3.05, 3.63) is 22.9 Å². The van der Waals surface area contributed by atoms with E-state index in [1.54, 1.807) is 6.07 Å². The van der Waals surface area contributed by atoms with Crippen molar-refractivity contribution in [2.24, 2.45) is 5.73 Å². The molecule has 4 N–H and O–H groups in total. The highest BCUT2D eigenvalue weighted by Crippen LogP contribution is 2.35. The van der Waals surface area contributed by atoms with E-state index in [2.05, 4.69) is 10.3 Å². The Morgan fingerprint density at radius 3 is 2.57 bits per heavy atom. The van der Waals surface area contributed by atoms with Crippen molar-refractivity contribution >= 4 is 17.7 Å². The standard InChI is InChI=1S/C15H19N3O3/c16-12(19)10-8-9-4-3-5-11(9)17-13(10)18-15(14(20)21)6-1-2-7-15/h8H,1-7H2,(H2,16,19)(H,17,18)(H,20,21). The number of anilines is 1. The number of primary amides is 1. The highest BCUT2D eigenvalue weighted by atomic mass is 16.4. The number of carbonyl (C=O) groups is 2. The zero-order valence-electron chi connectivity index (χ0n) is 11.8. The number of carboxylic acid groups (broad SMARTS) is 1. The van der Waals surface area contributed by atoms with Gasteiger partial charge in [0.1, 0.15) is 11.4 Å². The topological polar surface area (TPSA) is 105 Å². The molecule has 1 aromatic rings. The fraction of sp³-hybridized carbons (Fsp3) is 0.533. The number of rotatable bonds is 4. The number of aromatic nitrogens is 1. The third-order valence-electron chi connectivity index (χ3n) is 4.54. The summed E-state index contributed by atoms with van der Waals surface area (Å²) in [6, 6.07) is 1.77. The van der Waals surface area contributed by atoms with Gasteiger partial charge in [-0.2, -0.15) is 0 Å². The number of nitrogens with one attached hydrogen (secondary N) is 1. The molecule has 3 rings (SSSR count). The molecule has 0 spiro atoms. The maximum Gasteiger partial charge on any atom is 0.329 e. The summed E-state index contributed by atoms with van der Waals surface area (Å²) in [5, 5.41) is 12.6. The van der Waals surface area contributed by atoms with Gasteiger partial charge in [-0.15, -0.1) is 0 Å². The summed E-state index contributed by atoms with van der Waals surface area (Å²) in [5.74, 6) is -1.14. The molecule has 6 nitrogen and oxygen atoms in total. The lowest BCUT2D eigenvalue weighted by atomic mass is 9.97. The fourth-order valence-corrected chi connectivity index (χ4v) is 3.35. The first-order chi connectivity index (χ1) is 10.0. The summed E-state index contributed by atoms with van der Waals surface area (Å²) in [4.78, 5) is 27.8. The Labute approximate surface area is 122 Å². The van der Waals surface area contributed by atoms with Gasteiger partial charge in [-0.1, -0.05) is 12.8 Å². The molecule has 112 valence electrons. The average Bonchev–Trinajstić information content (AvgIpc) is 3.06. The number of aryl methyl sites for hydroxylation is 2. The van der Waals surface area contributed by atoms with Crippen LogP contribution in [0.15, 0.2) is 6.07 Å². The maximum atomic E-state index is 11.7. The van der Waals surface area contributed by atoms with Gasteiger partial charge in [0.15, 0.2) is 0 Å². The Balaban J connectivity index is 2.01. The van der Waals surface area contributed by atoms with Gasteiger partial charge in [-0.3, -0.25) is 4.79 Å². The quantitative estimate of drug-likeness (QED) is 0.778. The number of fused-ring (bicyclic) bond motifs is 1. The second kappa shape index (κ2) is 5.02. The van der Waals surface area contributed by atoms with Gasteiger partial charge < -0.3 is 16.2 Å². The van der Waals surface area contributed by atoms with Crippen LogP contribution in [0, 0.1) is 0 Å². The van der Waals surface area contributed by atoms with Crippen molar-refractivity contribution in [1.82, 2.24) is 4.98 Å². The minimum absolute atomic E-state index is 0.295. The zero-order valence-corrected chi connectivity index (χ0v) is 11.8. The first-order valence-corrected chi connectivity index (χ1v) is 7.36. The van der Waals surface area contributed by atoms with Crippen molar-refractivity contribution in [2.75, 3.05) is 5.32 Å². The van der Waals surface area contributed by atoms with E-state index in [0.29, 0.717) is 24.2 Å². The molecule has 0 atom stereocenters. The molecule has 0 bridgehead atoms. The first kappa shape index (κ1) is 13.9. The van der Waals surface area contributed by atoms with Crippen molar-refractivity contribution in [3.8, 4) is 0 Å². The Morgan fingerprint density at radius 1 is 1.24 bits per heavy atom. The highest BCUT2D eigenvalue weighted by molar-refractivity contribution is 5.98.